The van der Waals surface area contributed by atoms with Gasteiger partial charge < -0.3 is 0 Å². The number of rotatable bonds is 5. The molecule has 2 aromatic rings. The van der Waals surface area contributed by atoms with Gasteiger partial charge in [0.15, 0.2) is 0 Å². The van der Waals surface area contributed by atoms with Crippen LogP contribution in [0, 0.1) is 5.92 Å². The summed E-state index contributed by atoms with van der Waals surface area (Å²) in [6.07, 6.45) is 7.01. The summed E-state index contributed by atoms with van der Waals surface area (Å²) in [5.41, 5.74) is 2.07. The summed E-state index contributed by atoms with van der Waals surface area (Å²) in [6.45, 7) is 1.84. The summed E-state index contributed by atoms with van der Waals surface area (Å²) in [5.74, 6) is 0.949. The van der Waals surface area contributed by atoms with Crippen LogP contribution in [0.1, 0.15) is 32.1 Å². The van der Waals surface area contributed by atoms with Crippen LogP contribution in [0.25, 0.3) is 11.0 Å². The predicted molar refractivity (Wildman–Crippen MR) is 72.1 cm³/mol. The maximum Gasteiger partial charge on any atom is 0.113 e. The van der Waals surface area contributed by atoms with Crippen LogP contribution in [-0.4, -0.2) is 21.5 Å². The van der Waals surface area contributed by atoms with E-state index in [1.165, 1.54) is 32.1 Å². The molecule has 1 aromatic heterocycles. The molecule has 4 heteroatoms. The third-order valence-electron chi connectivity index (χ3n) is 3.89. The van der Waals surface area contributed by atoms with E-state index in [9.17, 15) is 0 Å². The van der Waals surface area contributed by atoms with Crippen molar-refractivity contribution in [1.82, 2.24) is 20.3 Å². The Kier molecular flexibility index (Phi) is 3.55. The van der Waals surface area contributed by atoms with Gasteiger partial charge in [0, 0.05) is 0 Å². The summed E-state index contributed by atoms with van der Waals surface area (Å²) < 4.78 is 1.93. The SMILES string of the molecule is c1ccc2c(c1)nnn2CNCCC1CCCC1. The highest BCUT2D eigenvalue weighted by molar-refractivity contribution is 5.73. The third kappa shape index (κ3) is 2.53. The number of hydrogen-bond acceptors (Lipinski definition) is 3. The Hall–Kier alpha value is -1.42. The molecule has 1 N–H and O–H groups in total. The fourth-order valence-electron chi connectivity index (χ4n) is 2.82. The summed E-state index contributed by atoms with van der Waals surface area (Å²) >= 11 is 0. The van der Waals surface area contributed by atoms with Gasteiger partial charge in [0.2, 0.25) is 0 Å². The van der Waals surface area contributed by atoms with Gasteiger partial charge in [0.05, 0.1) is 12.2 Å². The van der Waals surface area contributed by atoms with Gasteiger partial charge in [0.25, 0.3) is 0 Å². The van der Waals surface area contributed by atoms with Crippen LogP contribution in [0.2, 0.25) is 0 Å². The van der Waals surface area contributed by atoms with E-state index in [0.717, 1.165) is 30.2 Å². The average molecular weight is 244 g/mol. The van der Waals surface area contributed by atoms with E-state index in [4.69, 9.17) is 0 Å². The molecule has 1 aliphatic rings. The number of fused-ring (bicyclic) bond motifs is 1. The van der Waals surface area contributed by atoms with Crippen LogP contribution < -0.4 is 5.32 Å². The van der Waals surface area contributed by atoms with Crippen molar-refractivity contribution in [2.24, 2.45) is 5.92 Å². The number of nitrogens with zero attached hydrogens (tertiary/aromatic N) is 3. The topological polar surface area (TPSA) is 42.7 Å². The van der Waals surface area contributed by atoms with Crippen molar-refractivity contribution in [2.75, 3.05) is 6.54 Å². The van der Waals surface area contributed by atoms with E-state index in [1.807, 2.05) is 22.9 Å². The maximum atomic E-state index is 4.17. The first-order valence-corrected chi connectivity index (χ1v) is 6.92. The Morgan fingerprint density at radius 3 is 2.94 bits per heavy atom. The molecule has 1 aromatic carbocycles. The molecule has 96 valence electrons. The van der Waals surface area contributed by atoms with Crippen LogP contribution >= 0.6 is 0 Å². The molecule has 0 radical (unpaired) electrons. The van der Waals surface area contributed by atoms with Crippen LogP contribution in [0.5, 0.6) is 0 Å². The fourth-order valence-corrected chi connectivity index (χ4v) is 2.82. The average Bonchev–Trinajstić information content (AvgIpc) is 3.04. The molecule has 4 nitrogen and oxygen atoms in total. The van der Waals surface area contributed by atoms with E-state index in [1.54, 1.807) is 0 Å². The van der Waals surface area contributed by atoms with Gasteiger partial charge in [0.1, 0.15) is 5.52 Å². The minimum absolute atomic E-state index is 0.757. The molecule has 0 aliphatic heterocycles. The van der Waals surface area contributed by atoms with Gasteiger partial charge >= 0.3 is 0 Å². The highest BCUT2D eigenvalue weighted by Gasteiger charge is 2.13. The van der Waals surface area contributed by atoms with Gasteiger partial charge in [-0.3, -0.25) is 5.32 Å². The third-order valence-corrected chi connectivity index (χ3v) is 3.89. The summed E-state index contributed by atoms with van der Waals surface area (Å²) in [4.78, 5) is 0. The molecule has 0 amide bonds. The molecule has 0 bridgehead atoms. The van der Waals surface area contributed by atoms with Crippen LogP contribution in [0.3, 0.4) is 0 Å². The quantitative estimate of drug-likeness (QED) is 0.822. The number of hydrogen-bond donors (Lipinski definition) is 1. The lowest BCUT2D eigenvalue weighted by Crippen LogP contribution is -2.21. The standard InChI is InChI=1S/C14H20N4/c1-2-6-12(5-1)9-10-15-11-18-14-8-4-3-7-13(14)16-17-18/h3-4,7-8,12,15H,1-2,5-6,9-11H2. The summed E-state index contributed by atoms with van der Waals surface area (Å²) in [5, 5.41) is 11.8. The minimum atomic E-state index is 0.757. The molecule has 3 rings (SSSR count). The van der Waals surface area contributed by atoms with Crippen molar-refractivity contribution in [3.63, 3.8) is 0 Å². The highest BCUT2D eigenvalue weighted by atomic mass is 15.4. The summed E-state index contributed by atoms with van der Waals surface area (Å²) in [7, 11) is 0. The molecular weight excluding hydrogens is 224 g/mol. The normalized spacial score (nSPS) is 16.7. The second-order valence-corrected chi connectivity index (χ2v) is 5.17. The lowest BCUT2D eigenvalue weighted by atomic mass is 10.0. The summed E-state index contributed by atoms with van der Waals surface area (Å²) in [6, 6.07) is 8.08. The molecule has 0 atom stereocenters. The molecule has 0 unspecified atom stereocenters. The molecule has 1 saturated carbocycles. The first-order chi connectivity index (χ1) is 8.93. The van der Waals surface area contributed by atoms with Gasteiger partial charge in [-0.25, -0.2) is 4.68 Å². The lowest BCUT2D eigenvalue weighted by molar-refractivity contribution is 0.441. The maximum absolute atomic E-state index is 4.17. The first kappa shape index (κ1) is 11.7. The fraction of sp³-hybridized carbons (Fsp3) is 0.571. The van der Waals surface area contributed by atoms with E-state index in [0.29, 0.717) is 0 Å². The minimum Gasteiger partial charge on any atom is -0.298 e. The number of para-hydroxylation sites is 1. The Morgan fingerprint density at radius 2 is 2.06 bits per heavy atom. The Morgan fingerprint density at radius 1 is 1.22 bits per heavy atom. The highest BCUT2D eigenvalue weighted by Crippen LogP contribution is 2.26. The Balaban J connectivity index is 1.50. The Labute approximate surface area is 107 Å². The van der Waals surface area contributed by atoms with Crippen molar-refractivity contribution in [3.8, 4) is 0 Å². The van der Waals surface area contributed by atoms with Crippen molar-refractivity contribution in [2.45, 2.75) is 38.8 Å². The van der Waals surface area contributed by atoms with Crippen LogP contribution in [0.15, 0.2) is 24.3 Å². The lowest BCUT2D eigenvalue weighted by Gasteiger charge is -2.09. The Bertz CT molecular complexity index is 499. The van der Waals surface area contributed by atoms with Crippen molar-refractivity contribution < 1.29 is 0 Å². The van der Waals surface area contributed by atoms with Crippen LogP contribution in [-0.2, 0) is 6.67 Å². The second-order valence-electron chi connectivity index (χ2n) is 5.17. The van der Waals surface area contributed by atoms with E-state index in [2.05, 4.69) is 21.7 Å². The van der Waals surface area contributed by atoms with E-state index in [-0.39, 0.29) is 0 Å². The van der Waals surface area contributed by atoms with Crippen molar-refractivity contribution in [1.29, 1.82) is 0 Å². The van der Waals surface area contributed by atoms with Gasteiger partial charge in [-0.05, 0) is 31.0 Å². The zero-order valence-corrected chi connectivity index (χ0v) is 10.7. The van der Waals surface area contributed by atoms with Crippen molar-refractivity contribution >= 4 is 11.0 Å². The smallest absolute Gasteiger partial charge is 0.113 e. The first-order valence-electron chi connectivity index (χ1n) is 6.92. The van der Waals surface area contributed by atoms with Crippen LogP contribution in [0.4, 0.5) is 0 Å². The van der Waals surface area contributed by atoms with Gasteiger partial charge in [-0.1, -0.05) is 43.0 Å². The molecular formula is C14H20N4. The second kappa shape index (κ2) is 5.48. The van der Waals surface area contributed by atoms with E-state index >= 15 is 0 Å². The molecule has 1 aliphatic carbocycles. The van der Waals surface area contributed by atoms with Crippen molar-refractivity contribution in [3.05, 3.63) is 24.3 Å². The number of aromatic nitrogens is 3. The monoisotopic (exact) mass is 244 g/mol. The molecule has 1 fully saturated rings. The van der Waals surface area contributed by atoms with Gasteiger partial charge in [-0.2, -0.15) is 0 Å². The van der Waals surface area contributed by atoms with Gasteiger partial charge in [-0.15, -0.1) is 5.10 Å². The van der Waals surface area contributed by atoms with E-state index < -0.39 is 0 Å². The molecule has 18 heavy (non-hydrogen) atoms. The molecule has 0 saturated heterocycles. The molecule has 0 spiro atoms. The molecule has 1 heterocycles. The zero-order chi connectivity index (χ0) is 12.2. The predicted octanol–water partition coefficient (Wildman–Crippen LogP) is 2.56. The zero-order valence-electron chi connectivity index (χ0n) is 10.7. The number of benzene rings is 1. The largest absolute Gasteiger partial charge is 0.298 e. The number of nitrogens with one attached hydrogen (secondary N) is 1.